The third kappa shape index (κ3) is 5.99. The number of fused-ring (bicyclic) bond motifs is 1. The number of rotatable bonds is 10. The van der Waals surface area contributed by atoms with Crippen molar-refractivity contribution in [1.29, 1.82) is 0 Å². The van der Waals surface area contributed by atoms with E-state index in [1.54, 1.807) is 6.07 Å². The number of ether oxygens (including phenoxy) is 3. The smallest absolute Gasteiger partial charge is 0.311 e. The lowest BCUT2D eigenvalue weighted by Crippen LogP contribution is -2.27. The SMILES string of the molecule is CCC(C)(C)C(=O)OCCOCCOc1cc(=S)oc2ccc(C3CCSC3)cc12. The van der Waals surface area contributed by atoms with Crippen LogP contribution in [0.15, 0.2) is 28.7 Å². The molecule has 2 aromatic rings. The van der Waals surface area contributed by atoms with Gasteiger partial charge in [0.25, 0.3) is 0 Å². The number of benzene rings is 1. The number of carbonyl (C=O) groups is 1. The fourth-order valence-corrected chi connectivity index (χ4v) is 4.63. The highest BCUT2D eigenvalue weighted by Gasteiger charge is 2.26. The Labute approximate surface area is 187 Å². The Bertz CT molecular complexity index is 915. The van der Waals surface area contributed by atoms with Crippen molar-refractivity contribution in [3.63, 3.8) is 0 Å². The van der Waals surface area contributed by atoms with Gasteiger partial charge in [0, 0.05) is 11.8 Å². The molecule has 0 aliphatic carbocycles. The molecule has 0 radical (unpaired) electrons. The first kappa shape index (κ1) is 23.1. The van der Waals surface area contributed by atoms with Gasteiger partial charge in [0.1, 0.15) is 24.5 Å². The molecule has 164 valence electrons. The van der Waals surface area contributed by atoms with Crippen LogP contribution in [-0.4, -0.2) is 43.9 Å². The quantitative estimate of drug-likeness (QED) is 0.259. The fourth-order valence-electron chi connectivity index (χ4n) is 3.17. The summed E-state index contributed by atoms with van der Waals surface area (Å²) in [5.74, 6) is 3.47. The molecule has 0 amide bonds. The lowest BCUT2D eigenvalue weighted by Gasteiger charge is -2.20. The highest BCUT2D eigenvalue weighted by Crippen LogP contribution is 2.36. The van der Waals surface area contributed by atoms with E-state index in [0.717, 1.165) is 23.1 Å². The molecule has 0 saturated carbocycles. The molecular formula is C23H30O5S2. The number of hydrogen-bond acceptors (Lipinski definition) is 7. The average Bonchev–Trinajstić information content (AvgIpc) is 3.27. The average molecular weight is 451 g/mol. The third-order valence-corrected chi connectivity index (χ3v) is 6.88. The minimum absolute atomic E-state index is 0.196. The third-order valence-electron chi connectivity index (χ3n) is 5.51. The molecule has 0 spiro atoms. The van der Waals surface area contributed by atoms with Crippen LogP contribution in [-0.2, 0) is 14.3 Å². The summed E-state index contributed by atoms with van der Waals surface area (Å²) < 4.78 is 22.8. The molecule has 1 aromatic heterocycles. The van der Waals surface area contributed by atoms with Crippen LogP contribution in [0.5, 0.6) is 5.75 Å². The van der Waals surface area contributed by atoms with Gasteiger partial charge in [-0.3, -0.25) is 4.79 Å². The largest absolute Gasteiger partial charge is 0.490 e. The van der Waals surface area contributed by atoms with E-state index in [4.69, 9.17) is 30.8 Å². The van der Waals surface area contributed by atoms with Gasteiger partial charge in [-0.1, -0.05) is 13.0 Å². The monoisotopic (exact) mass is 450 g/mol. The first-order valence-electron chi connectivity index (χ1n) is 10.4. The standard InChI is InChI=1S/C23H30O5S2/c1-4-23(2,3)22(24)27-11-9-25-8-10-26-20-14-21(29)28-19-6-5-16(13-18(19)20)17-7-12-30-15-17/h5-6,13-14,17H,4,7-12,15H2,1-3H3. The molecule has 2 heterocycles. The predicted octanol–water partition coefficient (Wildman–Crippen LogP) is 5.76. The van der Waals surface area contributed by atoms with Crippen LogP contribution in [0.3, 0.4) is 0 Å². The molecule has 1 fully saturated rings. The maximum atomic E-state index is 11.9. The van der Waals surface area contributed by atoms with E-state index < -0.39 is 5.41 Å². The molecular weight excluding hydrogens is 420 g/mol. The zero-order chi connectivity index (χ0) is 21.6. The molecule has 30 heavy (non-hydrogen) atoms. The van der Waals surface area contributed by atoms with Crippen molar-refractivity contribution in [3.8, 4) is 5.75 Å². The Kier molecular flexibility index (Phi) is 8.20. The molecule has 7 heteroatoms. The van der Waals surface area contributed by atoms with E-state index in [9.17, 15) is 4.79 Å². The van der Waals surface area contributed by atoms with Crippen LogP contribution >= 0.6 is 24.0 Å². The van der Waals surface area contributed by atoms with Crippen molar-refractivity contribution >= 4 is 40.9 Å². The van der Waals surface area contributed by atoms with Gasteiger partial charge in [0.05, 0.1) is 24.0 Å². The normalized spacial score (nSPS) is 16.7. The molecule has 1 aliphatic heterocycles. The van der Waals surface area contributed by atoms with Gasteiger partial charge < -0.3 is 18.6 Å². The summed E-state index contributed by atoms with van der Waals surface area (Å²) in [4.78, 5) is 11.9. The van der Waals surface area contributed by atoms with Crippen molar-refractivity contribution in [1.82, 2.24) is 0 Å². The zero-order valence-electron chi connectivity index (χ0n) is 17.9. The lowest BCUT2D eigenvalue weighted by molar-refractivity contribution is -0.155. The van der Waals surface area contributed by atoms with Crippen molar-refractivity contribution in [2.75, 3.05) is 37.9 Å². The predicted molar refractivity (Wildman–Crippen MR) is 123 cm³/mol. The molecule has 0 N–H and O–H groups in total. The minimum Gasteiger partial charge on any atom is -0.490 e. The number of esters is 1. The first-order chi connectivity index (χ1) is 14.4. The summed E-state index contributed by atoms with van der Waals surface area (Å²) in [5.41, 5.74) is 1.59. The van der Waals surface area contributed by atoms with Crippen LogP contribution < -0.4 is 4.74 Å². The second-order valence-corrected chi connectivity index (χ2v) is 9.63. The van der Waals surface area contributed by atoms with Gasteiger partial charge in [-0.25, -0.2) is 0 Å². The highest BCUT2D eigenvalue weighted by atomic mass is 32.2. The maximum Gasteiger partial charge on any atom is 0.311 e. The molecule has 1 atom stereocenters. The topological polar surface area (TPSA) is 57.9 Å². The molecule has 1 aliphatic rings. The van der Waals surface area contributed by atoms with Gasteiger partial charge in [0.2, 0.25) is 0 Å². The summed E-state index contributed by atoms with van der Waals surface area (Å²) in [6.45, 7) is 7.10. The number of hydrogen-bond donors (Lipinski definition) is 0. The van der Waals surface area contributed by atoms with E-state index in [1.165, 1.54) is 17.7 Å². The second-order valence-electron chi connectivity index (χ2n) is 8.08. The Morgan fingerprint density at radius 2 is 2.03 bits per heavy atom. The molecule has 5 nitrogen and oxygen atoms in total. The minimum atomic E-state index is -0.458. The van der Waals surface area contributed by atoms with Crippen molar-refractivity contribution in [2.24, 2.45) is 5.41 Å². The van der Waals surface area contributed by atoms with E-state index in [1.807, 2.05) is 38.6 Å². The Morgan fingerprint density at radius 3 is 2.77 bits per heavy atom. The Balaban J connectivity index is 1.51. The van der Waals surface area contributed by atoms with Gasteiger partial charge in [-0.15, -0.1) is 0 Å². The van der Waals surface area contributed by atoms with Crippen LogP contribution in [0, 0.1) is 10.1 Å². The Morgan fingerprint density at radius 1 is 1.23 bits per heavy atom. The molecule has 1 unspecified atom stereocenters. The Hall–Kier alpha value is -1.57. The lowest BCUT2D eigenvalue weighted by atomic mass is 9.91. The van der Waals surface area contributed by atoms with Gasteiger partial charge in [-0.05, 0) is 68.3 Å². The summed E-state index contributed by atoms with van der Waals surface area (Å²) >= 11 is 7.24. The van der Waals surface area contributed by atoms with Crippen LogP contribution in [0.4, 0.5) is 0 Å². The molecule has 3 rings (SSSR count). The van der Waals surface area contributed by atoms with Crippen LogP contribution in [0.25, 0.3) is 11.0 Å². The summed E-state index contributed by atoms with van der Waals surface area (Å²) in [6.07, 6.45) is 1.94. The van der Waals surface area contributed by atoms with Gasteiger partial charge >= 0.3 is 5.97 Å². The summed E-state index contributed by atoms with van der Waals surface area (Å²) in [5, 5.41) is 0.939. The van der Waals surface area contributed by atoms with E-state index in [2.05, 4.69) is 12.1 Å². The zero-order valence-corrected chi connectivity index (χ0v) is 19.5. The van der Waals surface area contributed by atoms with Crippen molar-refractivity contribution < 1.29 is 23.4 Å². The van der Waals surface area contributed by atoms with E-state index >= 15 is 0 Å². The summed E-state index contributed by atoms with van der Waals surface area (Å²) in [7, 11) is 0. The van der Waals surface area contributed by atoms with Gasteiger partial charge in [0.15, 0.2) is 4.71 Å². The first-order valence-corrected chi connectivity index (χ1v) is 12.0. The van der Waals surface area contributed by atoms with E-state index in [-0.39, 0.29) is 12.6 Å². The fraction of sp³-hybridized carbons (Fsp3) is 0.565. The van der Waals surface area contributed by atoms with E-state index in [0.29, 0.717) is 36.2 Å². The van der Waals surface area contributed by atoms with Crippen LogP contribution in [0.2, 0.25) is 0 Å². The van der Waals surface area contributed by atoms with Crippen LogP contribution in [0.1, 0.15) is 45.1 Å². The number of thioether (sulfide) groups is 1. The molecule has 1 aromatic carbocycles. The molecule has 0 bridgehead atoms. The van der Waals surface area contributed by atoms with Crippen molar-refractivity contribution in [3.05, 3.63) is 34.5 Å². The molecule has 1 saturated heterocycles. The summed E-state index contributed by atoms with van der Waals surface area (Å²) in [6, 6.07) is 8.03. The van der Waals surface area contributed by atoms with Crippen molar-refractivity contribution in [2.45, 2.75) is 39.5 Å². The second kappa shape index (κ2) is 10.6. The van der Waals surface area contributed by atoms with Gasteiger partial charge in [-0.2, -0.15) is 11.8 Å². The maximum absolute atomic E-state index is 11.9. The number of carbonyl (C=O) groups excluding carboxylic acids is 1. The highest BCUT2D eigenvalue weighted by molar-refractivity contribution is 7.99.